The molecule has 1 aromatic heterocycles. The fraction of sp³-hybridized carbons (Fsp3) is 0.375. The Morgan fingerprint density at radius 3 is 2.64 bits per heavy atom. The number of aliphatic hydroxyl groups excluding tert-OH is 1. The van der Waals surface area contributed by atoms with E-state index in [-0.39, 0.29) is 23.4 Å². The van der Waals surface area contributed by atoms with E-state index in [0.29, 0.717) is 0 Å². The predicted octanol–water partition coefficient (Wildman–Crippen LogP) is 0.264. The zero-order valence-electron chi connectivity index (χ0n) is 7.26. The van der Waals surface area contributed by atoms with Gasteiger partial charge in [-0.25, -0.2) is 8.78 Å². The third-order valence-electron chi connectivity index (χ3n) is 1.85. The smallest absolute Gasteiger partial charge is 0.265 e. The Bertz CT molecular complexity index is 348. The number of rotatable bonds is 3. The first-order valence-corrected chi connectivity index (χ1v) is 3.94. The largest absolute Gasteiger partial charge is 0.390 e. The summed E-state index contributed by atoms with van der Waals surface area (Å²) in [5.74, 6) is 0. The number of aliphatic hydroxyl groups is 1. The second-order valence-corrected chi connectivity index (χ2v) is 2.71. The van der Waals surface area contributed by atoms with Gasteiger partial charge >= 0.3 is 0 Å². The normalized spacial score (nSPS) is 10.9. The molecule has 0 atom stereocenters. The van der Waals surface area contributed by atoms with E-state index in [0.717, 1.165) is 6.07 Å². The van der Waals surface area contributed by atoms with Crippen LogP contribution in [0.2, 0.25) is 0 Å². The second-order valence-electron chi connectivity index (χ2n) is 2.71. The Morgan fingerprint density at radius 2 is 2.21 bits per heavy atom. The molecule has 0 bridgehead atoms. The molecule has 0 amide bonds. The van der Waals surface area contributed by atoms with Crippen molar-refractivity contribution in [1.82, 2.24) is 4.98 Å². The van der Waals surface area contributed by atoms with Gasteiger partial charge in [-0.3, -0.25) is 4.79 Å². The summed E-state index contributed by atoms with van der Waals surface area (Å²) in [6, 6.07) is 1.01. The summed E-state index contributed by atoms with van der Waals surface area (Å²) in [7, 11) is 0. The van der Waals surface area contributed by atoms with Crippen molar-refractivity contribution < 1.29 is 13.9 Å². The first-order chi connectivity index (χ1) is 6.60. The Hall–Kier alpha value is -1.27. The van der Waals surface area contributed by atoms with Gasteiger partial charge in [0, 0.05) is 18.2 Å². The van der Waals surface area contributed by atoms with Crippen LogP contribution in [0.4, 0.5) is 8.78 Å². The Morgan fingerprint density at radius 1 is 1.57 bits per heavy atom. The molecule has 0 aliphatic carbocycles. The summed E-state index contributed by atoms with van der Waals surface area (Å²) in [5, 5.41) is 8.77. The van der Waals surface area contributed by atoms with E-state index in [1.54, 1.807) is 0 Å². The molecule has 0 unspecified atom stereocenters. The molecule has 0 saturated heterocycles. The molecule has 1 aromatic rings. The number of nitrogens with one attached hydrogen (secondary N) is 1. The molecule has 0 radical (unpaired) electrons. The van der Waals surface area contributed by atoms with Gasteiger partial charge in [-0.05, 0) is 5.56 Å². The lowest BCUT2D eigenvalue weighted by Crippen LogP contribution is -2.16. The van der Waals surface area contributed by atoms with Gasteiger partial charge in [0.1, 0.15) is 0 Å². The SMILES string of the molecule is NCc1cc(=O)[nH]c(CO)c1C(F)F. The van der Waals surface area contributed by atoms with E-state index >= 15 is 0 Å². The standard InChI is InChI=1S/C8H10F2N2O2/c9-8(10)7-4(2-11)1-6(14)12-5(7)3-13/h1,8,13H,2-3,11H2,(H,12,14). The number of halogens is 2. The zero-order valence-corrected chi connectivity index (χ0v) is 7.26. The molecule has 14 heavy (non-hydrogen) atoms. The molecule has 4 nitrogen and oxygen atoms in total. The number of pyridine rings is 1. The molecule has 6 heteroatoms. The van der Waals surface area contributed by atoms with Crippen molar-refractivity contribution in [2.24, 2.45) is 5.73 Å². The maximum Gasteiger partial charge on any atom is 0.265 e. The average Bonchev–Trinajstić information content (AvgIpc) is 2.15. The minimum absolute atomic E-state index is 0.0628. The number of aromatic nitrogens is 1. The number of alkyl halides is 2. The van der Waals surface area contributed by atoms with Crippen LogP contribution in [0.15, 0.2) is 10.9 Å². The zero-order chi connectivity index (χ0) is 10.7. The Labute approximate surface area is 78.4 Å². The summed E-state index contributed by atoms with van der Waals surface area (Å²) >= 11 is 0. The molecule has 0 aliphatic rings. The van der Waals surface area contributed by atoms with E-state index in [1.807, 2.05) is 0 Å². The molecule has 0 aromatic carbocycles. The lowest BCUT2D eigenvalue weighted by atomic mass is 10.1. The number of aromatic amines is 1. The van der Waals surface area contributed by atoms with Gasteiger partial charge in [0.15, 0.2) is 0 Å². The molecule has 0 spiro atoms. The second kappa shape index (κ2) is 4.30. The van der Waals surface area contributed by atoms with Crippen LogP contribution in [0.1, 0.15) is 23.2 Å². The van der Waals surface area contributed by atoms with E-state index in [4.69, 9.17) is 10.8 Å². The topological polar surface area (TPSA) is 79.1 Å². The highest BCUT2D eigenvalue weighted by Gasteiger charge is 2.17. The fourth-order valence-corrected chi connectivity index (χ4v) is 1.25. The maximum absolute atomic E-state index is 12.5. The minimum atomic E-state index is -2.76. The van der Waals surface area contributed by atoms with Gasteiger partial charge in [0.25, 0.3) is 6.43 Å². The molecular weight excluding hydrogens is 194 g/mol. The highest BCUT2D eigenvalue weighted by Crippen LogP contribution is 2.24. The van der Waals surface area contributed by atoms with Crippen molar-refractivity contribution in [3.8, 4) is 0 Å². The van der Waals surface area contributed by atoms with Gasteiger partial charge in [-0.2, -0.15) is 0 Å². The lowest BCUT2D eigenvalue weighted by molar-refractivity contribution is 0.144. The van der Waals surface area contributed by atoms with Gasteiger partial charge in [0.05, 0.1) is 12.3 Å². The van der Waals surface area contributed by atoms with Gasteiger partial charge < -0.3 is 15.8 Å². The van der Waals surface area contributed by atoms with Crippen LogP contribution in [-0.2, 0) is 13.2 Å². The average molecular weight is 204 g/mol. The van der Waals surface area contributed by atoms with Crippen LogP contribution in [0, 0.1) is 0 Å². The van der Waals surface area contributed by atoms with Crippen molar-refractivity contribution in [1.29, 1.82) is 0 Å². The van der Waals surface area contributed by atoms with Crippen LogP contribution in [0.3, 0.4) is 0 Å². The maximum atomic E-state index is 12.5. The molecule has 0 fully saturated rings. The molecule has 4 N–H and O–H groups in total. The van der Waals surface area contributed by atoms with Crippen LogP contribution in [0.5, 0.6) is 0 Å². The summed E-state index contributed by atoms with van der Waals surface area (Å²) in [4.78, 5) is 13.1. The minimum Gasteiger partial charge on any atom is -0.390 e. The van der Waals surface area contributed by atoms with Gasteiger partial charge in [-0.15, -0.1) is 0 Å². The van der Waals surface area contributed by atoms with E-state index in [9.17, 15) is 13.6 Å². The first-order valence-electron chi connectivity index (χ1n) is 3.94. The quantitative estimate of drug-likeness (QED) is 0.660. The van der Waals surface area contributed by atoms with Crippen LogP contribution in [-0.4, -0.2) is 10.1 Å². The number of H-pyrrole nitrogens is 1. The summed E-state index contributed by atoms with van der Waals surface area (Å²) in [6.45, 7) is -0.792. The third kappa shape index (κ3) is 1.97. The monoisotopic (exact) mass is 204 g/mol. The van der Waals surface area contributed by atoms with Crippen molar-refractivity contribution >= 4 is 0 Å². The summed E-state index contributed by atoms with van der Waals surface area (Å²) in [5.41, 5.74) is 4.18. The Kier molecular flexibility index (Phi) is 3.32. The van der Waals surface area contributed by atoms with Gasteiger partial charge in [0.2, 0.25) is 5.56 Å². The van der Waals surface area contributed by atoms with E-state index in [2.05, 4.69) is 4.98 Å². The molecule has 0 aliphatic heterocycles. The van der Waals surface area contributed by atoms with Crippen molar-refractivity contribution in [2.45, 2.75) is 19.6 Å². The lowest BCUT2D eigenvalue weighted by Gasteiger charge is -2.10. The van der Waals surface area contributed by atoms with Crippen molar-refractivity contribution in [2.75, 3.05) is 0 Å². The molecular formula is C8H10F2N2O2. The number of hydrogen-bond donors (Lipinski definition) is 3. The number of nitrogens with two attached hydrogens (primary N) is 1. The summed E-state index contributed by atoms with van der Waals surface area (Å²) in [6.07, 6.45) is -2.76. The van der Waals surface area contributed by atoms with Gasteiger partial charge in [-0.1, -0.05) is 0 Å². The predicted molar refractivity (Wildman–Crippen MR) is 45.8 cm³/mol. The van der Waals surface area contributed by atoms with Crippen LogP contribution in [0.25, 0.3) is 0 Å². The highest BCUT2D eigenvalue weighted by molar-refractivity contribution is 5.30. The fourth-order valence-electron chi connectivity index (χ4n) is 1.25. The van der Waals surface area contributed by atoms with Crippen LogP contribution >= 0.6 is 0 Å². The third-order valence-corrected chi connectivity index (χ3v) is 1.85. The Balaban J connectivity index is 3.40. The van der Waals surface area contributed by atoms with Crippen molar-refractivity contribution in [3.05, 3.63) is 33.2 Å². The first kappa shape index (κ1) is 10.8. The van der Waals surface area contributed by atoms with E-state index < -0.39 is 18.6 Å². The number of hydrogen-bond acceptors (Lipinski definition) is 3. The van der Waals surface area contributed by atoms with Crippen molar-refractivity contribution in [3.63, 3.8) is 0 Å². The molecule has 1 heterocycles. The molecule has 78 valence electrons. The molecule has 1 rings (SSSR count). The highest BCUT2D eigenvalue weighted by atomic mass is 19.3. The van der Waals surface area contributed by atoms with E-state index in [1.165, 1.54) is 0 Å². The molecule has 0 saturated carbocycles. The summed E-state index contributed by atoms with van der Waals surface area (Å²) < 4.78 is 25.0. The van der Waals surface area contributed by atoms with Crippen LogP contribution < -0.4 is 11.3 Å².